The molecule has 0 radical (unpaired) electrons. The van der Waals surface area contributed by atoms with E-state index in [1.165, 1.54) is 0 Å². The molecule has 0 N–H and O–H groups in total. The molecule has 1 aliphatic heterocycles. The second kappa shape index (κ2) is 5.80. The lowest BCUT2D eigenvalue weighted by molar-refractivity contribution is -0.166. The monoisotopic (exact) mass is 313 g/mol. The van der Waals surface area contributed by atoms with Crippen LogP contribution in [0, 0.1) is 0 Å². The molecule has 4 nitrogen and oxygen atoms in total. The van der Waals surface area contributed by atoms with Crippen LogP contribution in [0.2, 0.25) is 0 Å². The van der Waals surface area contributed by atoms with Crippen molar-refractivity contribution >= 4 is 21.9 Å². The quantitative estimate of drug-likeness (QED) is 0.633. The summed E-state index contributed by atoms with van der Waals surface area (Å²) in [5.41, 5.74) is 0.166. The first kappa shape index (κ1) is 13.5. The van der Waals surface area contributed by atoms with Gasteiger partial charge in [-0.3, -0.25) is 0 Å². The van der Waals surface area contributed by atoms with Crippen LogP contribution in [0.5, 0.6) is 0 Å². The summed E-state index contributed by atoms with van der Waals surface area (Å²) in [6.07, 6.45) is 3.88. The number of pyridine rings is 1. The lowest BCUT2D eigenvalue weighted by Gasteiger charge is -2.25. The van der Waals surface area contributed by atoms with Crippen LogP contribution in [-0.4, -0.2) is 29.8 Å². The maximum atomic E-state index is 12.1. The SMILES string of the molecule is CCOC(=O)C1(Cc2ccc(Br)nc2)CCCO1. The first-order valence-electron chi connectivity index (χ1n) is 6.08. The Morgan fingerprint density at radius 2 is 2.44 bits per heavy atom. The molecule has 1 fully saturated rings. The predicted octanol–water partition coefficient (Wildman–Crippen LogP) is 2.50. The van der Waals surface area contributed by atoms with Crippen molar-refractivity contribution in [2.45, 2.75) is 31.8 Å². The number of nitrogens with zero attached hydrogens (tertiary/aromatic N) is 1. The van der Waals surface area contributed by atoms with Crippen LogP contribution in [0.25, 0.3) is 0 Å². The molecule has 5 heteroatoms. The van der Waals surface area contributed by atoms with Gasteiger partial charge < -0.3 is 9.47 Å². The Labute approximate surface area is 115 Å². The highest BCUT2D eigenvalue weighted by Crippen LogP contribution is 2.31. The molecule has 1 aromatic heterocycles. The molecule has 1 aromatic rings. The zero-order chi connectivity index (χ0) is 13.0. The highest BCUT2D eigenvalue weighted by Gasteiger charge is 2.44. The van der Waals surface area contributed by atoms with Gasteiger partial charge in [0.25, 0.3) is 0 Å². The molecule has 2 heterocycles. The van der Waals surface area contributed by atoms with E-state index in [0.29, 0.717) is 26.1 Å². The maximum Gasteiger partial charge on any atom is 0.338 e. The number of rotatable bonds is 4. The number of aromatic nitrogens is 1. The fourth-order valence-corrected chi connectivity index (χ4v) is 2.41. The van der Waals surface area contributed by atoms with E-state index in [2.05, 4.69) is 20.9 Å². The van der Waals surface area contributed by atoms with E-state index < -0.39 is 5.60 Å². The Hall–Kier alpha value is -0.940. The number of halogens is 1. The number of esters is 1. The molecule has 0 amide bonds. The lowest BCUT2D eigenvalue weighted by Crippen LogP contribution is -2.41. The van der Waals surface area contributed by atoms with Crippen LogP contribution >= 0.6 is 15.9 Å². The van der Waals surface area contributed by atoms with Crippen molar-refractivity contribution in [3.8, 4) is 0 Å². The highest BCUT2D eigenvalue weighted by molar-refractivity contribution is 9.10. The van der Waals surface area contributed by atoms with Crippen LogP contribution in [-0.2, 0) is 20.7 Å². The average molecular weight is 314 g/mol. The normalized spacial score (nSPS) is 23.0. The van der Waals surface area contributed by atoms with Crippen LogP contribution in [0.4, 0.5) is 0 Å². The van der Waals surface area contributed by atoms with Gasteiger partial charge in [0, 0.05) is 19.2 Å². The van der Waals surface area contributed by atoms with Gasteiger partial charge in [-0.2, -0.15) is 0 Å². The van der Waals surface area contributed by atoms with Gasteiger partial charge in [0.2, 0.25) is 0 Å². The van der Waals surface area contributed by atoms with E-state index >= 15 is 0 Å². The Morgan fingerprint density at radius 1 is 1.61 bits per heavy atom. The maximum absolute atomic E-state index is 12.1. The summed E-state index contributed by atoms with van der Waals surface area (Å²) in [5, 5.41) is 0. The van der Waals surface area contributed by atoms with Crippen molar-refractivity contribution < 1.29 is 14.3 Å². The molecular formula is C13H16BrNO3. The van der Waals surface area contributed by atoms with Gasteiger partial charge in [-0.25, -0.2) is 9.78 Å². The van der Waals surface area contributed by atoms with E-state index in [1.54, 1.807) is 6.20 Å². The fraction of sp³-hybridized carbons (Fsp3) is 0.538. The van der Waals surface area contributed by atoms with Crippen LogP contribution in [0.15, 0.2) is 22.9 Å². The van der Waals surface area contributed by atoms with Crippen molar-refractivity contribution in [3.05, 3.63) is 28.5 Å². The number of carbonyl (C=O) groups is 1. The fourth-order valence-electron chi connectivity index (χ4n) is 2.17. The van der Waals surface area contributed by atoms with Crippen molar-refractivity contribution in [1.82, 2.24) is 4.98 Å². The Balaban J connectivity index is 2.15. The minimum atomic E-state index is -0.814. The Morgan fingerprint density at radius 3 is 3.00 bits per heavy atom. The molecule has 0 saturated carbocycles. The molecule has 1 atom stereocenters. The standard InChI is InChI=1S/C13H16BrNO3/c1-2-17-12(16)13(6-3-7-18-13)8-10-4-5-11(14)15-9-10/h4-5,9H,2-3,6-8H2,1H3. The van der Waals surface area contributed by atoms with Crippen molar-refractivity contribution in [3.63, 3.8) is 0 Å². The van der Waals surface area contributed by atoms with Crippen LogP contribution in [0.1, 0.15) is 25.3 Å². The minimum Gasteiger partial charge on any atom is -0.464 e. The van der Waals surface area contributed by atoms with Gasteiger partial charge in [-0.1, -0.05) is 6.07 Å². The van der Waals surface area contributed by atoms with E-state index in [4.69, 9.17) is 9.47 Å². The number of hydrogen-bond donors (Lipinski definition) is 0. The molecule has 0 bridgehead atoms. The van der Waals surface area contributed by atoms with Crippen molar-refractivity contribution in [2.75, 3.05) is 13.2 Å². The number of carbonyl (C=O) groups excluding carboxylic acids is 1. The third-order valence-corrected chi connectivity index (χ3v) is 3.50. The second-order valence-electron chi connectivity index (χ2n) is 4.33. The van der Waals surface area contributed by atoms with Crippen LogP contribution in [0.3, 0.4) is 0 Å². The third kappa shape index (κ3) is 2.90. The third-order valence-electron chi connectivity index (χ3n) is 3.03. The van der Waals surface area contributed by atoms with Crippen LogP contribution < -0.4 is 0 Å². The molecule has 0 aromatic carbocycles. The molecule has 2 rings (SSSR count). The van der Waals surface area contributed by atoms with Gasteiger partial charge in [-0.15, -0.1) is 0 Å². The average Bonchev–Trinajstić information content (AvgIpc) is 2.82. The molecule has 0 spiro atoms. The molecular weight excluding hydrogens is 298 g/mol. The zero-order valence-electron chi connectivity index (χ0n) is 10.3. The summed E-state index contributed by atoms with van der Waals surface area (Å²) in [4.78, 5) is 16.2. The van der Waals surface area contributed by atoms with Gasteiger partial charge >= 0.3 is 5.97 Å². The largest absolute Gasteiger partial charge is 0.464 e. The Kier molecular flexibility index (Phi) is 4.35. The molecule has 0 aliphatic carbocycles. The Bertz CT molecular complexity index is 413. The zero-order valence-corrected chi connectivity index (χ0v) is 11.9. The summed E-state index contributed by atoms with van der Waals surface area (Å²) in [7, 11) is 0. The van der Waals surface area contributed by atoms with Gasteiger partial charge in [0.05, 0.1) is 6.61 Å². The first-order chi connectivity index (χ1) is 8.66. The summed E-state index contributed by atoms with van der Waals surface area (Å²) < 4.78 is 11.6. The highest BCUT2D eigenvalue weighted by atomic mass is 79.9. The van der Waals surface area contributed by atoms with Gasteiger partial charge in [0.15, 0.2) is 5.60 Å². The minimum absolute atomic E-state index is 0.259. The number of hydrogen-bond acceptors (Lipinski definition) is 4. The van der Waals surface area contributed by atoms with E-state index in [1.807, 2.05) is 19.1 Å². The summed E-state index contributed by atoms with van der Waals surface area (Å²) in [6.45, 7) is 2.80. The second-order valence-corrected chi connectivity index (χ2v) is 5.15. The molecule has 98 valence electrons. The van der Waals surface area contributed by atoms with E-state index in [-0.39, 0.29) is 5.97 Å². The molecule has 1 unspecified atom stereocenters. The summed E-state index contributed by atoms with van der Waals surface area (Å²) >= 11 is 3.29. The lowest BCUT2D eigenvalue weighted by atomic mass is 9.92. The first-order valence-corrected chi connectivity index (χ1v) is 6.87. The van der Waals surface area contributed by atoms with E-state index in [9.17, 15) is 4.79 Å². The number of ether oxygens (including phenoxy) is 2. The van der Waals surface area contributed by atoms with Crippen molar-refractivity contribution in [2.24, 2.45) is 0 Å². The van der Waals surface area contributed by atoms with E-state index in [0.717, 1.165) is 16.6 Å². The summed E-state index contributed by atoms with van der Waals surface area (Å²) in [5.74, 6) is -0.259. The van der Waals surface area contributed by atoms with Crippen molar-refractivity contribution in [1.29, 1.82) is 0 Å². The van der Waals surface area contributed by atoms with Gasteiger partial charge in [0.1, 0.15) is 4.60 Å². The molecule has 1 aliphatic rings. The predicted molar refractivity (Wildman–Crippen MR) is 70.2 cm³/mol. The molecule has 1 saturated heterocycles. The van der Waals surface area contributed by atoms with Gasteiger partial charge in [-0.05, 0) is 47.3 Å². The summed E-state index contributed by atoms with van der Waals surface area (Å²) in [6, 6.07) is 3.81. The smallest absolute Gasteiger partial charge is 0.338 e. The molecule has 18 heavy (non-hydrogen) atoms. The topological polar surface area (TPSA) is 48.4 Å².